The van der Waals surface area contributed by atoms with Gasteiger partial charge in [-0.05, 0) is 49.4 Å². The number of hydrogen-bond donors (Lipinski definition) is 0. The third-order valence-corrected chi connectivity index (χ3v) is 6.90. The first-order chi connectivity index (χ1) is 11.1. The van der Waals surface area contributed by atoms with Crippen molar-refractivity contribution in [2.45, 2.75) is 16.0 Å². The monoisotopic (exact) mass is 397 g/mol. The largest absolute Gasteiger partial charge is 0.293 e. The fourth-order valence-electron chi connectivity index (χ4n) is 1.99. The van der Waals surface area contributed by atoms with E-state index in [1.807, 2.05) is 43.3 Å². The molecule has 2 heterocycles. The number of thioether (sulfide) groups is 1. The first-order valence-electron chi connectivity index (χ1n) is 6.85. The Morgan fingerprint density at radius 2 is 2.00 bits per heavy atom. The van der Waals surface area contributed by atoms with E-state index in [4.69, 9.17) is 23.8 Å². The van der Waals surface area contributed by atoms with E-state index in [1.54, 1.807) is 28.0 Å². The summed E-state index contributed by atoms with van der Waals surface area (Å²) in [5, 5.41) is 0.735. The van der Waals surface area contributed by atoms with Crippen LogP contribution in [0.4, 0.5) is 0 Å². The normalized spacial score (nSPS) is 16.6. The maximum Gasteiger partial charge on any atom is 0.266 e. The predicted molar refractivity (Wildman–Crippen MR) is 105 cm³/mol. The summed E-state index contributed by atoms with van der Waals surface area (Å²) in [6.45, 7) is 2.55. The van der Waals surface area contributed by atoms with Crippen LogP contribution in [0, 0.1) is 0 Å². The van der Waals surface area contributed by atoms with Gasteiger partial charge in [-0.1, -0.05) is 47.3 Å². The molecule has 0 bridgehead atoms. The molecule has 0 N–H and O–H groups in total. The first-order valence-corrected chi connectivity index (χ1v) is 10.1. The van der Waals surface area contributed by atoms with Crippen LogP contribution in [-0.2, 0) is 4.79 Å². The lowest BCUT2D eigenvalue weighted by Crippen LogP contribution is -2.27. The molecule has 3 rings (SSSR count). The van der Waals surface area contributed by atoms with Crippen molar-refractivity contribution in [1.82, 2.24) is 4.90 Å². The van der Waals surface area contributed by atoms with Gasteiger partial charge in [0.2, 0.25) is 0 Å². The Kier molecular flexibility index (Phi) is 5.49. The number of benzene rings is 1. The number of amides is 1. The van der Waals surface area contributed by atoms with Crippen LogP contribution in [-0.4, -0.2) is 21.7 Å². The molecule has 0 spiro atoms. The number of thiophene rings is 1. The maximum atomic E-state index is 12.2. The van der Waals surface area contributed by atoms with Crippen LogP contribution >= 0.6 is 58.7 Å². The molecular formula is C16H12ClNOS4. The Labute approximate surface area is 157 Å². The highest BCUT2D eigenvalue weighted by molar-refractivity contribution is 8.26. The SMILES string of the molecule is CCN1C(=O)/C(=C/c2ccc(Sc3ccc(Cl)cc3)s2)SC1=S. The quantitative estimate of drug-likeness (QED) is 0.481. The van der Waals surface area contributed by atoms with Crippen molar-refractivity contribution < 1.29 is 4.79 Å². The van der Waals surface area contributed by atoms with E-state index >= 15 is 0 Å². The van der Waals surface area contributed by atoms with Gasteiger partial charge in [-0.15, -0.1) is 11.3 Å². The summed E-state index contributed by atoms with van der Waals surface area (Å²) in [4.78, 5) is 16.7. The molecule has 2 aromatic rings. The molecule has 1 saturated heterocycles. The minimum absolute atomic E-state index is 0.00260. The molecule has 1 amide bonds. The van der Waals surface area contributed by atoms with Gasteiger partial charge in [-0.3, -0.25) is 9.69 Å². The summed E-state index contributed by atoms with van der Waals surface area (Å²) in [5.41, 5.74) is 0. The third kappa shape index (κ3) is 4.00. The third-order valence-electron chi connectivity index (χ3n) is 3.10. The van der Waals surface area contributed by atoms with Crippen molar-refractivity contribution in [1.29, 1.82) is 0 Å². The van der Waals surface area contributed by atoms with E-state index in [2.05, 4.69) is 6.07 Å². The van der Waals surface area contributed by atoms with E-state index in [0.717, 1.165) is 14.8 Å². The van der Waals surface area contributed by atoms with Gasteiger partial charge >= 0.3 is 0 Å². The summed E-state index contributed by atoms with van der Waals surface area (Å²) in [6, 6.07) is 11.9. The van der Waals surface area contributed by atoms with Gasteiger partial charge in [0.1, 0.15) is 4.32 Å². The number of thiocarbonyl (C=S) groups is 1. The van der Waals surface area contributed by atoms with Gasteiger partial charge in [-0.2, -0.15) is 0 Å². The standard InChI is InChI=1S/C16H12ClNOS4/c1-2-18-15(19)13(23-16(18)20)9-12-7-8-14(22-12)21-11-5-3-10(17)4-6-11/h3-9H,2H2,1H3/b13-9-. The molecule has 118 valence electrons. The molecule has 0 unspecified atom stereocenters. The van der Waals surface area contributed by atoms with Gasteiger partial charge < -0.3 is 0 Å². The molecule has 1 aliphatic rings. The van der Waals surface area contributed by atoms with Crippen LogP contribution < -0.4 is 0 Å². The van der Waals surface area contributed by atoms with Crippen LogP contribution in [0.15, 0.2) is 50.4 Å². The average molecular weight is 398 g/mol. The zero-order valence-corrected chi connectivity index (χ0v) is 16.1. The van der Waals surface area contributed by atoms with Gasteiger partial charge in [0, 0.05) is 21.3 Å². The van der Waals surface area contributed by atoms with Crippen molar-refractivity contribution in [3.8, 4) is 0 Å². The van der Waals surface area contributed by atoms with Gasteiger partial charge in [0.05, 0.1) is 9.11 Å². The number of hydrogen-bond acceptors (Lipinski definition) is 5. The maximum absolute atomic E-state index is 12.2. The second-order valence-corrected chi connectivity index (χ2v) is 9.24. The molecule has 7 heteroatoms. The minimum atomic E-state index is 0.00260. The van der Waals surface area contributed by atoms with Crippen LogP contribution in [0.1, 0.15) is 11.8 Å². The Morgan fingerprint density at radius 3 is 2.65 bits per heavy atom. The van der Waals surface area contributed by atoms with Gasteiger partial charge in [0.15, 0.2) is 0 Å². The van der Waals surface area contributed by atoms with Crippen molar-refractivity contribution in [2.24, 2.45) is 0 Å². The van der Waals surface area contributed by atoms with Crippen molar-refractivity contribution >= 4 is 75.0 Å². The van der Waals surface area contributed by atoms with Crippen molar-refractivity contribution in [3.63, 3.8) is 0 Å². The molecule has 1 fully saturated rings. The summed E-state index contributed by atoms with van der Waals surface area (Å²) in [6.07, 6.45) is 1.92. The zero-order valence-electron chi connectivity index (χ0n) is 12.1. The lowest BCUT2D eigenvalue weighted by molar-refractivity contribution is -0.121. The van der Waals surface area contributed by atoms with Crippen LogP contribution in [0.2, 0.25) is 5.02 Å². The smallest absolute Gasteiger partial charge is 0.266 e. The number of halogens is 1. The molecule has 0 radical (unpaired) electrons. The number of rotatable bonds is 4. The molecule has 0 atom stereocenters. The molecule has 1 aliphatic heterocycles. The Balaban J connectivity index is 1.75. The Hall–Kier alpha value is -0.790. The van der Waals surface area contributed by atoms with Crippen molar-refractivity contribution in [3.05, 3.63) is 51.2 Å². The summed E-state index contributed by atoms with van der Waals surface area (Å²) in [7, 11) is 0. The van der Waals surface area contributed by atoms with E-state index < -0.39 is 0 Å². The number of carbonyl (C=O) groups excluding carboxylic acids is 1. The Bertz CT molecular complexity index is 782. The summed E-state index contributed by atoms with van der Waals surface area (Å²) >= 11 is 15.8. The lowest BCUT2D eigenvalue weighted by Gasteiger charge is -2.09. The highest BCUT2D eigenvalue weighted by atomic mass is 35.5. The molecule has 2 nitrogen and oxygen atoms in total. The second-order valence-electron chi connectivity index (χ2n) is 4.64. The van der Waals surface area contributed by atoms with E-state index in [0.29, 0.717) is 15.8 Å². The van der Waals surface area contributed by atoms with Crippen LogP contribution in [0.5, 0.6) is 0 Å². The van der Waals surface area contributed by atoms with E-state index in [1.165, 1.54) is 16.0 Å². The van der Waals surface area contributed by atoms with E-state index in [9.17, 15) is 4.79 Å². The van der Waals surface area contributed by atoms with Crippen molar-refractivity contribution in [2.75, 3.05) is 6.54 Å². The molecule has 0 aliphatic carbocycles. The minimum Gasteiger partial charge on any atom is -0.293 e. The van der Waals surface area contributed by atoms with E-state index in [-0.39, 0.29) is 5.91 Å². The summed E-state index contributed by atoms with van der Waals surface area (Å²) in [5.74, 6) is 0.00260. The zero-order chi connectivity index (χ0) is 16.4. The molecule has 1 aromatic carbocycles. The van der Waals surface area contributed by atoms with Gasteiger partial charge in [-0.25, -0.2) is 0 Å². The fourth-order valence-corrected chi connectivity index (χ4v) is 5.63. The molecule has 0 saturated carbocycles. The second kappa shape index (κ2) is 7.40. The van der Waals surface area contributed by atoms with Crippen LogP contribution in [0.25, 0.3) is 6.08 Å². The number of nitrogens with zero attached hydrogens (tertiary/aromatic N) is 1. The first kappa shape index (κ1) is 17.0. The fraction of sp³-hybridized carbons (Fsp3) is 0.125. The topological polar surface area (TPSA) is 20.3 Å². The van der Waals surface area contributed by atoms with Crippen LogP contribution in [0.3, 0.4) is 0 Å². The highest BCUT2D eigenvalue weighted by Crippen LogP contribution is 2.37. The van der Waals surface area contributed by atoms with Gasteiger partial charge in [0.25, 0.3) is 5.91 Å². The molecular weight excluding hydrogens is 386 g/mol. The average Bonchev–Trinajstić information content (AvgIpc) is 3.07. The lowest BCUT2D eigenvalue weighted by atomic mass is 10.4. The predicted octanol–water partition coefficient (Wildman–Crippen LogP) is 5.77. The highest BCUT2D eigenvalue weighted by Gasteiger charge is 2.30. The number of likely N-dealkylation sites (N-methyl/N-ethyl adjacent to an activating group) is 1. The number of carbonyl (C=O) groups is 1. The molecule has 1 aromatic heterocycles. The Morgan fingerprint density at radius 1 is 1.26 bits per heavy atom. The molecule has 23 heavy (non-hydrogen) atoms. The summed E-state index contributed by atoms with van der Waals surface area (Å²) < 4.78 is 1.81.